The fourth-order valence-electron chi connectivity index (χ4n) is 1.90. The van der Waals surface area contributed by atoms with Gasteiger partial charge in [0.15, 0.2) is 6.29 Å². The number of aldehydes is 1. The zero-order chi connectivity index (χ0) is 13.7. The lowest BCUT2D eigenvalue weighted by Gasteiger charge is -2.05. The molecule has 0 bridgehead atoms. The fraction of sp³-hybridized carbons (Fsp3) is 0.188. The highest BCUT2D eigenvalue weighted by atomic mass is 35.5. The SMILES string of the molecule is COc1ccc(CCc2ccc(C=O)c(Cl)c2)cc1. The Morgan fingerprint density at radius 2 is 1.68 bits per heavy atom. The van der Waals surface area contributed by atoms with E-state index in [2.05, 4.69) is 12.1 Å². The van der Waals surface area contributed by atoms with Crippen molar-refractivity contribution < 1.29 is 9.53 Å². The maximum atomic E-state index is 10.7. The van der Waals surface area contributed by atoms with Gasteiger partial charge in [-0.3, -0.25) is 4.79 Å². The zero-order valence-electron chi connectivity index (χ0n) is 10.7. The van der Waals surface area contributed by atoms with Crippen molar-refractivity contribution in [2.75, 3.05) is 7.11 Å². The molecule has 0 aromatic heterocycles. The van der Waals surface area contributed by atoms with Crippen LogP contribution in [0.4, 0.5) is 0 Å². The van der Waals surface area contributed by atoms with Gasteiger partial charge in [-0.25, -0.2) is 0 Å². The summed E-state index contributed by atoms with van der Waals surface area (Å²) in [5.41, 5.74) is 2.91. The van der Waals surface area contributed by atoms with Gasteiger partial charge < -0.3 is 4.74 Å². The Morgan fingerprint density at radius 3 is 2.26 bits per heavy atom. The van der Waals surface area contributed by atoms with Gasteiger partial charge >= 0.3 is 0 Å². The van der Waals surface area contributed by atoms with Gasteiger partial charge in [0.25, 0.3) is 0 Å². The van der Waals surface area contributed by atoms with Crippen LogP contribution in [-0.2, 0) is 12.8 Å². The molecule has 19 heavy (non-hydrogen) atoms. The number of ether oxygens (including phenoxy) is 1. The lowest BCUT2D eigenvalue weighted by molar-refractivity contribution is 0.112. The summed E-state index contributed by atoms with van der Waals surface area (Å²) in [6, 6.07) is 13.6. The molecule has 2 rings (SSSR count). The molecule has 0 atom stereocenters. The van der Waals surface area contributed by atoms with Gasteiger partial charge in [0.1, 0.15) is 5.75 Å². The molecule has 0 saturated heterocycles. The quantitative estimate of drug-likeness (QED) is 0.772. The summed E-state index contributed by atoms with van der Waals surface area (Å²) in [6.45, 7) is 0. The molecule has 0 amide bonds. The number of halogens is 1. The van der Waals surface area contributed by atoms with Crippen LogP contribution in [0.1, 0.15) is 21.5 Å². The van der Waals surface area contributed by atoms with E-state index in [-0.39, 0.29) is 0 Å². The van der Waals surface area contributed by atoms with Crippen LogP contribution >= 0.6 is 11.6 Å². The average molecular weight is 275 g/mol. The van der Waals surface area contributed by atoms with Crippen LogP contribution in [0, 0.1) is 0 Å². The smallest absolute Gasteiger partial charge is 0.151 e. The van der Waals surface area contributed by atoms with Crippen LogP contribution in [0.2, 0.25) is 5.02 Å². The maximum Gasteiger partial charge on any atom is 0.151 e. The number of carbonyl (C=O) groups is 1. The molecule has 0 N–H and O–H groups in total. The number of hydrogen-bond donors (Lipinski definition) is 0. The Balaban J connectivity index is 2.01. The highest BCUT2D eigenvalue weighted by molar-refractivity contribution is 6.33. The van der Waals surface area contributed by atoms with E-state index >= 15 is 0 Å². The molecule has 0 aliphatic rings. The van der Waals surface area contributed by atoms with E-state index < -0.39 is 0 Å². The van der Waals surface area contributed by atoms with Crippen molar-refractivity contribution in [3.05, 3.63) is 64.2 Å². The monoisotopic (exact) mass is 274 g/mol. The van der Waals surface area contributed by atoms with Gasteiger partial charge in [0, 0.05) is 5.56 Å². The van der Waals surface area contributed by atoms with Crippen molar-refractivity contribution in [1.29, 1.82) is 0 Å². The number of methoxy groups -OCH3 is 1. The molecular formula is C16H15ClO2. The lowest BCUT2D eigenvalue weighted by atomic mass is 10.0. The molecule has 0 unspecified atom stereocenters. The van der Waals surface area contributed by atoms with Crippen molar-refractivity contribution in [2.24, 2.45) is 0 Å². The van der Waals surface area contributed by atoms with Crippen molar-refractivity contribution >= 4 is 17.9 Å². The van der Waals surface area contributed by atoms with E-state index in [1.165, 1.54) is 5.56 Å². The number of carbonyl (C=O) groups excluding carboxylic acids is 1. The first-order chi connectivity index (χ1) is 9.22. The lowest BCUT2D eigenvalue weighted by Crippen LogP contribution is -1.93. The summed E-state index contributed by atoms with van der Waals surface area (Å²) in [7, 11) is 1.66. The molecule has 98 valence electrons. The minimum absolute atomic E-state index is 0.516. The van der Waals surface area contributed by atoms with Crippen LogP contribution in [0.3, 0.4) is 0 Å². The molecule has 2 aromatic carbocycles. The summed E-state index contributed by atoms with van der Waals surface area (Å²) in [5.74, 6) is 0.863. The highest BCUT2D eigenvalue weighted by Crippen LogP contribution is 2.18. The summed E-state index contributed by atoms with van der Waals surface area (Å²) < 4.78 is 5.12. The van der Waals surface area contributed by atoms with Crippen molar-refractivity contribution in [3.8, 4) is 5.75 Å². The molecule has 0 aliphatic heterocycles. The molecule has 0 spiro atoms. The summed E-state index contributed by atoms with van der Waals surface area (Å²) in [6.07, 6.45) is 2.60. The van der Waals surface area contributed by atoms with Gasteiger partial charge in [-0.1, -0.05) is 29.8 Å². The molecule has 2 nitrogen and oxygen atoms in total. The van der Waals surface area contributed by atoms with Gasteiger partial charge in [-0.05, 0) is 48.2 Å². The Hall–Kier alpha value is -1.80. The molecular weight excluding hydrogens is 260 g/mol. The number of hydrogen-bond acceptors (Lipinski definition) is 2. The van der Waals surface area contributed by atoms with E-state index in [1.807, 2.05) is 24.3 Å². The van der Waals surface area contributed by atoms with Gasteiger partial charge in [-0.2, -0.15) is 0 Å². The first-order valence-corrected chi connectivity index (χ1v) is 6.47. The minimum Gasteiger partial charge on any atom is -0.497 e. The molecule has 2 aromatic rings. The van der Waals surface area contributed by atoms with Gasteiger partial charge in [-0.15, -0.1) is 0 Å². The predicted molar refractivity (Wildman–Crippen MR) is 77.2 cm³/mol. The Kier molecular flexibility index (Phi) is 4.58. The Bertz CT molecular complexity index is 561. The first-order valence-electron chi connectivity index (χ1n) is 6.09. The topological polar surface area (TPSA) is 26.3 Å². The maximum absolute atomic E-state index is 10.7. The molecule has 0 saturated carbocycles. The van der Waals surface area contributed by atoms with Crippen LogP contribution < -0.4 is 4.74 Å². The van der Waals surface area contributed by atoms with Crippen LogP contribution in [0.25, 0.3) is 0 Å². The third-order valence-corrected chi connectivity index (χ3v) is 3.38. The van der Waals surface area contributed by atoms with Crippen LogP contribution in [0.5, 0.6) is 5.75 Å². The second-order valence-electron chi connectivity index (χ2n) is 4.32. The largest absolute Gasteiger partial charge is 0.497 e. The highest BCUT2D eigenvalue weighted by Gasteiger charge is 2.02. The minimum atomic E-state index is 0.516. The molecule has 0 heterocycles. The first kappa shape index (κ1) is 13.6. The van der Waals surface area contributed by atoms with E-state index in [9.17, 15) is 4.79 Å². The van der Waals surface area contributed by atoms with Crippen molar-refractivity contribution in [1.82, 2.24) is 0 Å². The molecule has 0 fully saturated rings. The molecule has 0 aliphatic carbocycles. The third kappa shape index (κ3) is 3.58. The van der Waals surface area contributed by atoms with E-state index in [4.69, 9.17) is 16.3 Å². The van der Waals surface area contributed by atoms with Crippen molar-refractivity contribution in [2.45, 2.75) is 12.8 Å². The second kappa shape index (κ2) is 6.39. The average Bonchev–Trinajstić information content (AvgIpc) is 2.46. The van der Waals surface area contributed by atoms with Gasteiger partial charge in [0.05, 0.1) is 12.1 Å². The summed E-state index contributed by atoms with van der Waals surface area (Å²) in [4.78, 5) is 10.7. The van der Waals surface area contributed by atoms with E-state index in [1.54, 1.807) is 13.2 Å². The summed E-state index contributed by atoms with van der Waals surface area (Å²) >= 11 is 6.00. The fourth-order valence-corrected chi connectivity index (χ4v) is 2.15. The molecule has 3 heteroatoms. The normalized spacial score (nSPS) is 10.2. The van der Waals surface area contributed by atoms with E-state index in [0.717, 1.165) is 30.4 Å². The molecule has 0 radical (unpaired) electrons. The number of benzene rings is 2. The van der Waals surface area contributed by atoms with Crippen LogP contribution in [0.15, 0.2) is 42.5 Å². The number of aryl methyl sites for hydroxylation is 2. The predicted octanol–water partition coefficient (Wildman–Crippen LogP) is 3.95. The standard InChI is InChI=1S/C16H15ClO2/c1-19-15-8-5-12(6-9-15)2-3-13-4-7-14(11-18)16(17)10-13/h4-11H,2-3H2,1H3. The summed E-state index contributed by atoms with van der Waals surface area (Å²) in [5, 5.41) is 0.516. The second-order valence-corrected chi connectivity index (χ2v) is 4.73. The van der Waals surface area contributed by atoms with E-state index in [0.29, 0.717) is 10.6 Å². The Labute approximate surface area is 118 Å². The van der Waals surface area contributed by atoms with Gasteiger partial charge in [0.2, 0.25) is 0 Å². The van der Waals surface area contributed by atoms with Crippen molar-refractivity contribution in [3.63, 3.8) is 0 Å². The zero-order valence-corrected chi connectivity index (χ0v) is 11.5. The third-order valence-electron chi connectivity index (χ3n) is 3.05. The number of rotatable bonds is 5. The Morgan fingerprint density at radius 1 is 1.05 bits per heavy atom. The van der Waals surface area contributed by atoms with Crippen LogP contribution in [-0.4, -0.2) is 13.4 Å².